The molecule has 0 aromatic carbocycles. The zero-order valence-electron chi connectivity index (χ0n) is 14.5. The number of hydrogen-bond donors (Lipinski definition) is 1. The van der Waals surface area contributed by atoms with E-state index in [1.165, 1.54) is 0 Å². The lowest BCUT2D eigenvalue weighted by Gasteiger charge is -2.33. The van der Waals surface area contributed by atoms with Crippen LogP contribution in [0.15, 0.2) is 18.3 Å². The second kappa shape index (κ2) is 6.98. The molecule has 7 heteroatoms. The first-order chi connectivity index (χ1) is 11.6. The van der Waals surface area contributed by atoms with Crippen LogP contribution in [0.2, 0.25) is 0 Å². The number of nitrogens with one attached hydrogen (secondary N) is 1. The summed E-state index contributed by atoms with van der Waals surface area (Å²) in [5, 5.41) is 7.04. The van der Waals surface area contributed by atoms with Crippen LogP contribution in [0, 0.1) is 6.92 Å². The van der Waals surface area contributed by atoms with Gasteiger partial charge in [0.15, 0.2) is 0 Å². The second-order valence-corrected chi connectivity index (χ2v) is 6.14. The van der Waals surface area contributed by atoms with E-state index in [2.05, 4.69) is 32.2 Å². The Hall–Kier alpha value is -2.44. The van der Waals surface area contributed by atoms with E-state index in [-0.39, 0.29) is 11.9 Å². The van der Waals surface area contributed by atoms with E-state index in [4.69, 9.17) is 0 Å². The molecule has 1 atom stereocenters. The van der Waals surface area contributed by atoms with Crippen molar-refractivity contribution in [3.63, 3.8) is 0 Å². The van der Waals surface area contributed by atoms with E-state index in [9.17, 15) is 4.79 Å². The topological polar surface area (TPSA) is 75.9 Å². The van der Waals surface area contributed by atoms with Crippen LogP contribution in [0.5, 0.6) is 0 Å². The van der Waals surface area contributed by atoms with Gasteiger partial charge in [0, 0.05) is 44.5 Å². The minimum Gasteiger partial charge on any atom is -0.354 e. The van der Waals surface area contributed by atoms with Gasteiger partial charge in [0.05, 0.1) is 6.04 Å². The minimum absolute atomic E-state index is 0.152. The highest BCUT2D eigenvalue weighted by atomic mass is 16.1. The summed E-state index contributed by atoms with van der Waals surface area (Å²) in [4.78, 5) is 23.1. The third kappa shape index (κ3) is 3.39. The molecule has 1 aliphatic rings. The zero-order valence-corrected chi connectivity index (χ0v) is 14.5. The van der Waals surface area contributed by atoms with E-state index in [0.717, 1.165) is 49.7 Å². The average Bonchev–Trinajstić information content (AvgIpc) is 3.10. The lowest BCUT2D eigenvalue weighted by Crippen LogP contribution is -2.37. The predicted molar refractivity (Wildman–Crippen MR) is 92.2 cm³/mol. The smallest absolute Gasteiger partial charge is 0.271 e. The Labute approximate surface area is 142 Å². The lowest BCUT2D eigenvalue weighted by atomic mass is 10.1. The molecule has 1 fully saturated rings. The SMILES string of the molecule is CCc1nc(C)cc(N2CCC[C@H](n3ccc(C(=O)NC)n3)C2)n1. The van der Waals surface area contributed by atoms with Gasteiger partial charge in [-0.15, -0.1) is 0 Å². The molecule has 3 rings (SSSR count). The monoisotopic (exact) mass is 328 g/mol. The van der Waals surface area contributed by atoms with Crippen LogP contribution >= 0.6 is 0 Å². The molecule has 128 valence electrons. The lowest BCUT2D eigenvalue weighted by molar-refractivity contribution is 0.0957. The highest BCUT2D eigenvalue weighted by Crippen LogP contribution is 2.25. The van der Waals surface area contributed by atoms with Crippen LogP contribution in [0.4, 0.5) is 5.82 Å². The van der Waals surface area contributed by atoms with Crippen molar-refractivity contribution in [2.24, 2.45) is 0 Å². The van der Waals surface area contributed by atoms with Crippen molar-refractivity contribution in [2.45, 2.75) is 39.2 Å². The normalized spacial score (nSPS) is 17.8. The number of rotatable bonds is 4. The summed E-state index contributed by atoms with van der Waals surface area (Å²) >= 11 is 0. The van der Waals surface area contributed by atoms with Gasteiger partial charge in [-0.25, -0.2) is 9.97 Å². The first kappa shape index (κ1) is 16.4. The maximum atomic E-state index is 11.7. The molecule has 0 spiro atoms. The molecule has 3 heterocycles. The molecule has 7 nitrogen and oxygen atoms in total. The Bertz CT molecular complexity index is 726. The van der Waals surface area contributed by atoms with Gasteiger partial charge >= 0.3 is 0 Å². The summed E-state index contributed by atoms with van der Waals surface area (Å²) in [5.74, 6) is 1.72. The Morgan fingerprint density at radius 1 is 1.42 bits per heavy atom. The summed E-state index contributed by atoms with van der Waals surface area (Å²) in [7, 11) is 1.62. The molecule has 1 amide bonds. The standard InChI is InChI=1S/C17H24N6O/c1-4-15-19-12(2)10-16(20-15)22-8-5-6-13(11-22)23-9-7-14(21-23)17(24)18-3/h7,9-10,13H,4-6,8,11H2,1-3H3,(H,18,24)/t13-/m0/s1. The van der Waals surface area contributed by atoms with Crippen LogP contribution < -0.4 is 10.2 Å². The van der Waals surface area contributed by atoms with Crippen molar-refractivity contribution in [1.82, 2.24) is 25.1 Å². The summed E-state index contributed by atoms with van der Waals surface area (Å²) in [5.41, 5.74) is 1.46. The third-order valence-electron chi connectivity index (χ3n) is 4.37. The fraction of sp³-hybridized carbons (Fsp3) is 0.529. The highest BCUT2D eigenvalue weighted by molar-refractivity contribution is 5.91. The molecule has 0 radical (unpaired) electrons. The van der Waals surface area contributed by atoms with Gasteiger partial charge in [-0.2, -0.15) is 5.10 Å². The van der Waals surface area contributed by atoms with Gasteiger partial charge in [0.25, 0.3) is 5.91 Å². The van der Waals surface area contributed by atoms with Gasteiger partial charge in [-0.3, -0.25) is 9.48 Å². The van der Waals surface area contributed by atoms with Crippen molar-refractivity contribution >= 4 is 11.7 Å². The van der Waals surface area contributed by atoms with Gasteiger partial charge in [0.1, 0.15) is 17.3 Å². The van der Waals surface area contributed by atoms with Crippen LogP contribution in [0.1, 0.15) is 47.8 Å². The molecule has 1 N–H and O–H groups in total. The third-order valence-corrected chi connectivity index (χ3v) is 4.37. The molecule has 0 unspecified atom stereocenters. The Morgan fingerprint density at radius 2 is 2.25 bits per heavy atom. The molecule has 2 aromatic rings. The Balaban J connectivity index is 1.78. The van der Waals surface area contributed by atoms with E-state index in [0.29, 0.717) is 5.69 Å². The van der Waals surface area contributed by atoms with E-state index in [1.54, 1.807) is 13.1 Å². The van der Waals surface area contributed by atoms with Gasteiger partial charge in [0.2, 0.25) is 0 Å². The molecule has 1 aliphatic heterocycles. The average molecular weight is 328 g/mol. The van der Waals surface area contributed by atoms with Crippen LogP contribution in [0.25, 0.3) is 0 Å². The van der Waals surface area contributed by atoms with Crippen LogP contribution in [-0.4, -0.2) is 45.8 Å². The van der Waals surface area contributed by atoms with Gasteiger partial charge in [-0.05, 0) is 25.8 Å². The molecule has 1 saturated heterocycles. The minimum atomic E-state index is -0.152. The zero-order chi connectivity index (χ0) is 17.1. The predicted octanol–water partition coefficient (Wildman–Crippen LogP) is 1.75. The highest BCUT2D eigenvalue weighted by Gasteiger charge is 2.24. The number of carbonyl (C=O) groups excluding carboxylic acids is 1. The largest absolute Gasteiger partial charge is 0.354 e. The first-order valence-corrected chi connectivity index (χ1v) is 8.47. The van der Waals surface area contributed by atoms with E-state index < -0.39 is 0 Å². The molecule has 0 aliphatic carbocycles. The van der Waals surface area contributed by atoms with Gasteiger partial charge in [-0.1, -0.05) is 6.92 Å². The summed E-state index contributed by atoms with van der Waals surface area (Å²) in [6, 6.07) is 4.06. The number of carbonyl (C=O) groups is 1. The van der Waals surface area contributed by atoms with Crippen molar-refractivity contribution < 1.29 is 4.79 Å². The van der Waals surface area contributed by atoms with Gasteiger partial charge < -0.3 is 10.2 Å². The number of aryl methyl sites for hydroxylation is 2. The quantitative estimate of drug-likeness (QED) is 0.925. The van der Waals surface area contributed by atoms with E-state index in [1.807, 2.05) is 23.9 Å². The number of piperidine rings is 1. The van der Waals surface area contributed by atoms with Crippen molar-refractivity contribution in [3.8, 4) is 0 Å². The summed E-state index contributed by atoms with van der Waals surface area (Å²) in [6.07, 6.45) is 4.85. The fourth-order valence-corrected chi connectivity index (χ4v) is 3.10. The van der Waals surface area contributed by atoms with Crippen molar-refractivity contribution in [3.05, 3.63) is 35.5 Å². The fourth-order valence-electron chi connectivity index (χ4n) is 3.10. The molecule has 24 heavy (non-hydrogen) atoms. The van der Waals surface area contributed by atoms with Crippen molar-refractivity contribution in [2.75, 3.05) is 25.0 Å². The number of aromatic nitrogens is 4. The number of nitrogens with zero attached hydrogens (tertiary/aromatic N) is 5. The molecular formula is C17H24N6O. The molecular weight excluding hydrogens is 304 g/mol. The maximum Gasteiger partial charge on any atom is 0.271 e. The number of hydrogen-bond acceptors (Lipinski definition) is 5. The number of anilines is 1. The second-order valence-electron chi connectivity index (χ2n) is 6.14. The Kier molecular flexibility index (Phi) is 4.78. The maximum absolute atomic E-state index is 11.7. The van der Waals surface area contributed by atoms with Crippen LogP contribution in [-0.2, 0) is 6.42 Å². The van der Waals surface area contributed by atoms with Crippen molar-refractivity contribution in [1.29, 1.82) is 0 Å². The van der Waals surface area contributed by atoms with Crippen LogP contribution in [0.3, 0.4) is 0 Å². The Morgan fingerprint density at radius 3 is 3.00 bits per heavy atom. The number of amides is 1. The summed E-state index contributed by atoms with van der Waals surface area (Å²) < 4.78 is 1.91. The first-order valence-electron chi connectivity index (χ1n) is 8.47. The summed E-state index contributed by atoms with van der Waals surface area (Å²) in [6.45, 7) is 5.91. The van der Waals surface area contributed by atoms with E-state index >= 15 is 0 Å². The molecule has 0 bridgehead atoms. The molecule has 0 saturated carbocycles. The molecule has 2 aromatic heterocycles.